The monoisotopic (exact) mass is 430 g/mol. The maximum absolute atomic E-state index is 12.6. The molecule has 0 unspecified atom stereocenters. The maximum Gasteiger partial charge on any atom is 0.240 e. The van der Waals surface area contributed by atoms with Crippen molar-refractivity contribution in [2.75, 3.05) is 13.1 Å². The molecule has 0 bridgehead atoms. The number of sulfonamides is 2. The Morgan fingerprint density at radius 3 is 2.18 bits per heavy atom. The molecule has 1 saturated carbocycles. The van der Waals surface area contributed by atoms with Gasteiger partial charge in [0.25, 0.3) is 0 Å². The van der Waals surface area contributed by atoms with Crippen LogP contribution in [0.4, 0.5) is 0 Å². The van der Waals surface area contributed by atoms with Gasteiger partial charge in [0.05, 0.1) is 15.8 Å². The van der Waals surface area contributed by atoms with Crippen molar-refractivity contribution in [2.45, 2.75) is 54.0 Å². The highest BCUT2D eigenvalue weighted by atomic mass is 32.2. The molecular formula is C17H26N4O5S2. The minimum absolute atomic E-state index is 0.0409. The first-order valence-electron chi connectivity index (χ1n) is 9.27. The fourth-order valence-electron chi connectivity index (χ4n) is 3.90. The van der Waals surface area contributed by atoms with Gasteiger partial charge in [0.2, 0.25) is 26.0 Å². The lowest BCUT2D eigenvalue weighted by atomic mass is 9.97. The number of hydrogen-bond acceptors (Lipinski definition) is 6. The van der Waals surface area contributed by atoms with Crippen molar-refractivity contribution < 1.29 is 21.6 Å². The summed E-state index contributed by atoms with van der Waals surface area (Å²) in [5.41, 5.74) is 6.16. The number of benzene rings is 1. The zero-order valence-electron chi connectivity index (χ0n) is 15.5. The van der Waals surface area contributed by atoms with Crippen LogP contribution in [0.15, 0.2) is 34.1 Å². The number of likely N-dealkylation sites (tertiary alicyclic amines) is 1. The van der Waals surface area contributed by atoms with Gasteiger partial charge in [0.1, 0.15) is 0 Å². The number of amides is 1. The molecule has 3 atom stereocenters. The third-order valence-electron chi connectivity index (χ3n) is 5.47. The zero-order chi connectivity index (χ0) is 20.5. The number of carbonyl (C=O) groups excluding carboxylic acids is 1. The van der Waals surface area contributed by atoms with Gasteiger partial charge in [-0.15, -0.1) is 0 Å². The number of primary sulfonamides is 1. The summed E-state index contributed by atoms with van der Waals surface area (Å²) in [6.45, 7) is 1.48. The normalized spacial score (nSPS) is 24.4. The Morgan fingerprint density at radius 2 is 1.61 bits per heavy atom. The molecule has 28 heavy (non-hydrogen) atoms. The summed E-state index contributed by atoms with van der Waals surface area (Å²) >= 11 is 0. The van der Waals surface area contributed by atoms with E-state index in [1.165, 1.54) is 12.1 Å². The van der Waals surface area contributed by atoms with Gasteiger partial charge in [0.15, 0.2) is 0 Å². The van der Waals surface area contributed by atoms with Crippen LogP contribution in [0.5, 0.6) is 0 Å². The molecule has 1 amide bonds. The molecule has 0 aromatic heterocycles. The molecule has 156 valence electrons. The van der Waals surface area contributed by atoms with Crippen molar-refractivity contribution >= 4 is 26.0 Å². The average Bonchev–Trinajstić information content (AvgIpc) is 3.31. The number of hydrogen-bond donors (Lipinski definition) is 3. The third kappa shape index (κ3) is 4.71. The van der Waals surface area contributed by atoms with Crippen LogP contribution < -0.4 is 15.6 Å². The van der Waals surface area contributed by atoms with Crippen LogP contribution in [-0.2, 0) is 24.8 Å². The van der Waals surface area contributed by atoms with E-state index in [1.54, 1.807) is 4.90 Å². The van der Waals surface area contributed by atoms with Gasteiger partial charge in [0, 0.05) is 19.1 Å². The van der Waals surface area contributed by atoms with Crippen molar-refractivity contribution in [3.8, 4) is 0 Å². The van der Waals surface area contributed by atoms with E-state index >= 15 is 0 Å². The Kier molecular flexibility index (Phi) is 6.11. The lowest BCUT2D eigenvalue weighted by Gasteiger charge is -2.24. The molecule has 5 N–H and O–H groups in total. The first-order chi connectivity index (χ1) is 13.1. The summed E-state index contributed by atoms with van der Waals surface area (Å²) in [4.78, 5) is 14.1. The summed E-state index contributed by atoms with van der Waals surface area (Å²) in [6.07, 6.45) is 3.76. The van der Waals surface area contributed by atoms with Crippen molar-refractivity contribution in [3.63, 3.8) is 0 Å². The third-order valence-corrected chi connectivity index (χ3v) is 7.93. The lowest BCUT2D eigenvalue weighted by molar-refractivity contribution is -0.132. The Balaban J connectivity index is 1.61. The second kappa shape index (κ2) is 8.07. The van der Waals surface area contributed by atoms with Gasteiger partial charge in [-0.05, 0) is 62.3 Å². The van der Waals surface area contributed by atoms with Crippen molar-refractivity contribution in [1.82, 2.24) is 9.62 Å². The van der Waals surface area contributed by atoms with Crippen LogP contribution in [0.3, 0.4) is 0 Å². The summed E-state index contributed by atoms with van der Waals surface area (Å²) < 4.78 is 50.4. The van der Waals surface area contributed by atoms with E-state index in [2.05, 4.69) is 4.72 Å². The van der Waals surface area contributed by atoms with Crippen molar-refractivity contribution in [2.24, 2.45) is 16.8 Å². The van der Waals surface area contributed by atoms with Gasteiger partial charge in [-0.1, -0.05) is 0 Å². The highest BCUT2D eigenvalue weighted by Gasteiger charge is 2.36. The molecule has 1 aliphatic heterocycles. The second-order valence-corrected chi connectivity index (χ2v) is 10.7. The second-order valence-electron chi connectivity index (χ2n) is 7.47. The molecule has 1 aromatic carbocycles. The molecule has 3 rings (SSSR count). The van der Waals surface area contributed by atoms with Crippen LogP contribution in [0.1, 0.15) is 32.1 Å². The molecule has 2 aliphatic rings. The summed E-state index contributed by atoms with van der Waals surface area (Å²) in [7, 11) is -7.70. The predicted molar refractivity (Wildman–Crippen MR) is 103 cm³/mol. The van der Waals surface area contributed by atoms with E-state index in [0.717, 1.165) is 38.1 Å². The minimum Gasteiger partial charge on any atom is -0.341 e. The number of nitrogens with two attached hydrogens (primary N) is 2. The van der Waals surface area contributed by atoms with E-state index in [-0.39, 0.29) is 27.7 Å². The zero-order valence-corrected chi connectivity index (χ0v) is 17.1. The fourth-order valence-corrected chi connectivity index (χ4v) is 5.69. The van der Waals surface area contributed by atoms with Crippen molar-refractivity contribution in [3.05, 3.63) is 24.3 Å². The van der Waals surface area contributed by atoms with E-state index < -0.39 is 26.1 Å². The smallest absolute Gasteiger partial charge is 0.240 e. The highest BCUT2D eigenvalue weighted by Crippen LogP contribution is 2.30. The largest absolute Gasteiger partial charge is 0.341 e. The van der Waals surface area contributed by atoms with Crippen LogP contribution >= 0.6 is 0 Å². The SMILES string of the molecule is N[C@H](C(=O)N1CCCC1)[C@H]1CC[C@H](NS(=O)(=O)c2ccc(S(N)(=O)=O)cc2)C1. The standard InChI is InChI=1S/C17H26N4O5S2/c18-16(17(22)21-9-1-2-10-21)12-3-4-13(11-12)20-28(25,26)15-7-5-14(6-8-15)27(19,23)24/h5-8,12-13,16,20H,1-4,9-11,18H2,(H2,19,23,24)/t12-,13-,16-/m0/s1. The number of carbonyl (C=O) groups is 1. The van der Waals surface area contributed by atoms with Gasteiger partial charge in [-0.3, -0.25) is 4.79 Å². The van der Waals surface area contributed by atoms with Gasteiger partial charge in [-0.25, -0.2) is 26.7 Å². The van der Waals surface area contributed by atoms with E-state index in [9.17, 15) is 21.6 Å². The quantitative estimate of drug-likeness (QED) is 0.565. The van der Waals surface area contributed by atoms with Crippen LogP contribution in [0, 0.1) is 5.92 Å². The van der Waals surface area contributed by atoms with E-state index in [0.29, 0.717) is 19.3 Å². The average molecular weight is 431 g/mol. The molecule has 1 saturated heterocycles. The lowest BCUT2D eigenvalue weighted by Crippen LogP contribution is -2.46. The number of nitrogens with zero attached hydrogens (tertiary/aromatic N) is 1. The van der Waals surface area contributed by atoms with Crippen LogP contribution in [0.2, 0.25) is 0 Å². The Labute approximate surface area is 165 Å². The van der Waals surface area contributed by atoms with E-state index in [1.807, 2.05) is 0 Å². The number of nitrogens with one attached hydrogen (secondary N) is 1. The molecule has 1 aliphatic carbocycles. The summed E-state index contributed by atoms with van der Waals surface area (Å²) in [5, 5.41) is 5.03. The van der Waals surface area contributed by atoms with Gasteiger partial charge >= 0.3 is 0 Å². The molecule has 0 radical (unpaired) electrons. The van der Waals surface area contributed by atoms with Gasteiger partial charge < -0.3 is 10.6 Å². The highest BCUT2D eigenvalue weighted by molar-refractivity contribution is 7.89. The van der Waals surface area contributed by atoms with Crippen molar-refractivity contribution in [1.29, 1.82) is 0 Å². The molecule has 11 heteroatoms. The minimum atomic E-state index is -3.88. The van der Waals surface area contributed by atoms with Crippen LogP contribution in [0.25, 0.3) is 0 Å². The van der Waals surface area contributed by atoms with Gasteiger partial charge in [-0.2, -0.15) is 0 Å². The first kappa shape index (κ1) is 21.2. The first-order valence-corrected chi connectivity index (χ1v) is 12.3. The molecule has 9 nitrogen and oxygen atoms in total. The van der Waals surface area contributed by atoms with Crippen LogP contribution in [-0.4, -0.2) is 52.8 Å². The molecule has 0 spiro atoms. The van der Waals surface area contributed by atoms with E-state index in [4.69, 9.17) is 10.9 Å². The topological polar surface area (TPSA) is 153 Å². The molecular weight excluding hydrogens is 404 g/mol. The fraction of sp³-hybridized carbons (Fsp3) is 0.588. The summed E-state index contributed by atoms with van der Waals surface area (Å²) in [6, 6.07) is 3.80. The molecule has 1 aromatic rings. The molecule has 1 heterocycles. The predicted octanol–water partition coefficient (Wildman–Crippen LogP) is -0.269. The Bertz CT molecular complexity index is 925. The Hall–Kier alpha value is -1.53. The summed E-state index contributed by atoms with van der Waals surface area (Å²) in [5.74, 6) is -0.116. The maximum atomic E-state index is 12.6. The Morgan fingerprint density at radius 1 is 1.04 bits per heavy atom. The molecule has 2 fully saturated rings. The number of rotatable bonds is 6.